The van der Waals surface area contributed by atoms with E-state index in [4.69, 9.17) is 22.4 Å². The van der Waals surface area contributed by atoms with E-state index in [0.717, 1.165) is 11.1 Å². The van der Waals surface area contributed by atoms with Crippen molar-refractivity contribution in [1.82, 2.24) is 5.32 Å². The molecule has 0 bridgehead atoms. The van der Waals surface area contributed by atoms with Crippen LogP contribution < -0.4 is 11.1 Å². The first-order valence-corrected chi connectivity index (χ1v) is 5.77. The molecule has 0 saturated carbocycles. The topological polar surface area (TPSA) is 68.3 Å². The van der Waals surface area contributed by atoms with Gasteiger partial charge in [0.15, 0.2) is 0 Å². The lowest BCUT2D eigenvalue weighted by Crippen LogP contribution is -2.22. The summed E-state index contributed by atoms with van der Waals surface area (Å²) < 4.78 is 4.84. The molecule has 92 valence electrons. The minimum absolute atomic E-state index is 0.165. The van der Waals surface area contributed by atoms with Crippen LogP contribution in [0.3, 0.4) is 0 Å². The molecule has 2 rings (SSSR count). The van der Waals surface area contributed by atoms with Gasteiger partial charge in [-0.15, -0.1) is 0 Å². The fourth-order valence-electron chi connectivity index (χ4n) is 1.46. The van der Waals surface area contributed by atoms with Crippen LogP contribution in [0.15, 0.2) is 47.3 Å². The Labute approximate surface area is 110 Å². The van der Waals surface area contributed by atoms with Crippen molar-refractivity contribution in [3.63, 3.8) is 0 Å². The highest BCUT2D eigenvalue weighted by Gasteiger charge is 2.06. The molecule has 5 heteroatoms. The van der Waals surface area contributed by atoms with Crippen molar-refractivity contribution in [2.75, 3.05) is 0 Å². The second-order valence-corrected chi connectivity index (χ2v) is 4.20. The van der Waals surface area contributed by atoms with Gasteiger partial charge in [-0.1, -0.05) is 36.5 Å². The Kier molecular flexibility index (Phi) is 3.74. The van der Waals surface area contributed by atoms with Crippen LogP contribution in [0.25, 0.3) is 0 Å². The third-order valence-corrected chi connectivity index (χ3v) is 2.71. The van der Waals surface area contributed by atoms with Gasteiger partial charge in [-0.3, -0.25) is 4.79 Å². The summed E-state index contributed by atoms with van der Waals surface area (Å²) in [6.07, 6.45) is 2.87. The lowest BCUT2D eigenvalue weighted by atomic mass is 10.1. The van der Waals surface area contributed by atoms with Crippen molar-refractivity contribution in [2.24, 2.45) is 5.73 Å². The first-order valence-electron chi connectivity index (χ1n) is 5.36. The summed E-state index contributed by atoms with van der Waals surface area (Å²) in [4.78, 5) is 12.0. The molecule has 1 aromatic heterocycles. The van der Waals surface area contributed by atoms with Crippen molar-refractivity contribution in [3.8, 4) is 0 Å². The smallest absolute Gasteiger partial charge is 0.254 e. The molecule has 4 nitrogen and oxygen atoms in total. The van der Waals surface area contributed by atoms with E-state index < -0.39 is 0 Å². The SMILES string of the molecule is NC(=S)c1ccc(CNC(=O)c2ccoc2)cc1. The number of nitrogens with one attached hydrogen (secondary N) is 1. The van der Waals surface area contributed by atoms with Gasteiger partial charge >= 0.3 is 0 Å². The fraction of sp³-hybridized carbons (Fsp3) is 0.0769. The van der Waals surface area contributed by atoms with Crippen LogP contribution in [0.5, 0.6) is 0 Å². The first kappa shape index (κ1) is 12.3. The van der Waals surface area contributed by atoms with Gasteiger partial charge in [-0.2, -0.15) is 0 Å². The Morgan fingerprint density at radius 1 is 1.22 bits per heavy atom. The molecule has 2 aromatic rings. The van der Waals surface area contributed by atoms with Crippen molar-refractivity contribution in [1.29, 1.82) is 0 Å². The quantitative estimate of drug-likeness (QED) is 0.823. The second-order valence-electron chi connectivity index (χ2n) is 3.76. The van der Waals surface area contributed by atoms with Crippen LogP contribution >= 0.6 is 12.2 Å². The zero-order chi connectivity index (χ0) is 13.0. The lowest BCUT2D eigenvalue weighted by Gasteiger charge is -2.05. The van der Waals surface area contributed by atoms with Gasteiger partial charge in [-0.25, -0.2) is 0 Å². The summed E-state index contributed by atoms with van der Waals surface area (Å²) in [5.74, 6) is -0.165. The average molecular weight is 260 g/mol. The van der Waals surface area contributed by atoms with Crippen LogP contribution in [0.1, 0.15) is 21.5 Å². The maximum atomic E-state index is 11.6. The summed E-state index contributed by atoms with van der Waals surface area (Å²) in [5, 5.41) is 2.79. The molecule has 0 atom stereocenters. The number of hydrogen-bond acceptors (Lipinski definition) is 3. The van der Waals surface area contributed by atoms with Gasteiger partial charge in [0.25, 0.3) is 5.91 Å². The molecule has 18 heavy (non-hydrogen) atoms. The number of nitrogens with two attached hydrogens (primary N) is 1. The van der Waals surface area contributed by atoms with Crippen LogP contribution in [0, 0.1) is 0 Å². The Balaban J connectivity index is 1.94. The van der Waals surface area contributed by atoms with Crippen molar-refractivity contribution in [2.45, 2.75) is 6.54 Å². The van der Waals surface area contributed by atoms with Gasteiger partial charge in [0.1, 0.15) is 11.3 Å². The highest BCUT2D eigenvalue weighted by molar-refractivity contribution is 7.80. The van der Waals surface area contributed by atoms with E-state index in [1.165, 1.54) is 12.5 Å². The highest BCUT2D eigenvalue weighted by Crippen LogP contribution is 2.05. The molecule has 0 aliphatic rings. The van der Waals surface area contributed by atoms with E-state index in [-0.39, 0.29) is 5.91 Å². The number of carbonyl (C=O) groups excluding carboxylic acids is 1. The van der Waals surface area contributed by atoms with Gasteiger partial charge in [0.05, 0.1) is 11.8 Å². The number of thiocarbonyl (C=S) groups is 1. The van der Waals surface area contributed by atoms with Crippen LogP contribution in [-0.2, 0) is 6.54 Å². The van der Waals surface area contributed by atoms with E-state index in [1.807, 2.05) is 24.3 Å². The molecule has 0 spiro atoms. The fourth-order valence-corrected chi connectivity index (χ4v) is 1.60. The van der Waals surface area contributed by atoms with Crippen LogP contribution in [0.2, 0.25) is 0 Å². The number of furan rings is 1. The minimum Gasteiger partial charge on any atom is -0.472 e. The molecular weight excluding hydrogens is 248 g/mol. The molecule has 0 fully saturated rings. The zero-order valence-electron chi connectivity index (χ0n) is 9.55. The van der Waals surface area contributed by atoms with Crippen molar-refractivity contribution < 1.29 is 9.21 Å². The first-order chi connectivity index (χ1) is 8.66. The highest BCUT2D eigenvalue weighted by atomic mass is 32.1. The molecule has 0 radical (unpaired) electrons. The van der Waals surface area contributed by atoms with E-state index in [9.17, 15) is 4.79 Å². The summed E-state index contributed by atoms with van der Waals surface area (Å²) in [6.45, 7) is 0.446. The van der Waals surface area contributed by atoms with E-state index in [2.05, 4.69) is 5.32 Å². The summed E-state index contributed by atoms with van der Waals surface area (Å²) >= 11 is 4.86. The number of rotatable bonds is 4. The summed E-state index contributed by atoms with van der Waals surface area (Å²) in [5.41, 5.74) is 7.80. The van der Waals surface area contributed by atoms with E-state index >= 15 is 0 Å². The van der Waals surface area contributed by atoms with Gasteiger partial charge in [0.2, 0.25) is 0 Å². The minimum atomic E-state index is -0.165. The predicted octanol–water partition coefficient (Wildman–Crippen LogP) is 1.84. The largest absolute Gasteiger partial charge is 0.472 e. The molecule has 0 saturated heterocycles. The maximum Gasteiger partial charge on any atom is 0.254 e. The number of benzene rings is 1. The Morgan fingerprint density at radius 2 is 1.94 bits per heavy atom. The number of amides is 1. The second kappa shape index (κ2) is 5.46. The third kappa shape index (κ3) is 2.95. The number of carbonyl (C=O) groups is 1. The van der Waals surface area contributed by atoms with E-state index in [1.54, 1.807) is 6.07 Å². The monoisotopic (exact) mass is 260 g/mol. The van der Waals surface area contributed by atoms with E-state index in [0.29, 0.717) is 17.1 Å². The Morgan fingerprint density at radius 3 is 2.50 bits per heavy atom. The van der Waals surface area contributed by atoms with Gasteiger partial charge < -0.3 is 15.5 Å². The molecule has 0 aliphatic heterocycles. The zero-order valence-corrected chi connectivity index (χ0v) is 10.4. The Hall–Kier alpha value is -2.14. The standard InChI is InChI=1S/C13H12N2O2S/c14-12(18)10-3-1-9(2-4-10)7-15-13(16)11-5-6-17-8-11/h1-6,8H,7H2,(H2,14,18)(H,15,16). The molecule has 1 aromatic carbocycles. The van der Waals surface area contributed by atoms with Crippen molar-refractivity contribution in [3.05, 3.63) is 59.5 Å². The van der Waals surface area contributed by atoms with Gasteiger partial charge in [-0.05, 0) is 11.6 Å². The molecule has 0 unspecified atom stereocenters. The third-order valence-electron chi connectivity index (χ3n) is 2.47. The Bertz CT molecular complexity index is 547. The number of hydrogen-bond donors (Lipinski definition) is 2. The summed E-state index contributed by atoms with van der Waals surface area (Å²) in [6, 6.07) is 9.04. The predicted molar refractivity (Wildman–Crippen MR) is 72.2 cm³/mol. The molecule has 1 heterocycles. The molecule has 1 amide bonds. The maximum absolute atomic E-state index is 11.6. The molecular formula is C13H12N2O2S. The summed E-state index contributed by atoms with van der Waals surface area (Å²) in [7, 11) is 0. The van der Waals surface area contributed by atoms with Crippen molar-refractivity contribution >= 4 is 23.1 Å². The lowest BCUT2D eigenvalue weighted by molar-refractivity contribution is 0.0950. The van der Waals surface area contributed by atoms with Crippen LogP contribution in [0.4, 0.5) is 0 Å². The molecule has 0 aliphatic carbocycles. The van der Waals surface area contributed by atoms with Gasteiger partial charge in [0, 0.05) is 12.1 Å². The molecule has 3 N–H and O–H groups in total. The van der Waals surface area contributed by atoms with Crippen LogP contribution in [-0.4, -0.2) is 10.9 Å². The normalized spacial score (nSPS) is 10.0. The average Bonchev–Trinajstić information content (AvgIpc) is 2.90.